The molecule has 4 rings (SSSR count). The molecule has 0 unspecified atom stereocenters. The molecule has 1 aromatic heterocycles. The third kappa shape index (κ3) is 4.52. The van der Waals surface area contributed by atoms with E-state index in [2.05, 4.69) is 15.2 Å². The highest BCUT2D eigenvalue weighted by Gasteiger charge is 2.25. The molecule has 28 heavy (non-hydrogen) atoms. The van der Waals surface area contributed by atoms with Gasteiger partial charge in [-0.1, -0.05) is 18.2 Å². The summed E-state index contributed by atoms with van der Waals surface area (Å²) >= 11 is 0.904. The van der Waals surface area contributed by atoms with E-state index in [0.29, 0.717) is 18.1 Å². The molecule has 0 saturated carbocycles. The van der Waals surface area contributed by atoms with Crippen LogP contribution in [-0.2, 0) is 9.53 Å². The number of hydrogen-bond donors (Lipinski definition) is 1. The number of thioether (sulfide) groups is 1. The number of imide groups is 1. The van der Waals surface area contributed by atoms with Gasteiger partial charge in [0.05, 0.1) is 11.5 Å². The van der Waals surface area contributed by atoms with Crippen LogP contribution in [0.15, 0.2) is 53.6 Å². The normalized spacial score (nSPS) is 21.1. The second kappa shape index (κ2) is 8.45. The second-order valence-electron chi connectivity index (χ2n) is 6.36. The lowest BCUT2D eigenvalue weighted by Gasteiger charge is -2.33. The summed E-state index contributed by atoms with van der Waals surface area (Å²) in [6.07, 6.45) is 3.43. The molecule has 0 radical (unpaired) electrons. The average molecular weight is 397 g/mol. The van der Waals surface area contributed by atoms with Crippen molar-refractivity contribution in [1.82, 2.24) is 10.3 Å². The first-order chi connectivity index (χ1) is 13.7. The van der Waals surface area contributed by atoms with Gasteiger partial charge in [-0.3, -0.25) is 14.9 Å². The Bertz CT molecular complexity index is 886. The molecule has 0 bridgehead atoms. The largest absolute Gasteiger partial charge is 0.491 e. The van der Waals surface area contributed by atoms with E-state index in [1.54, 1.807) is 12.3 Å². The van der Waals surface area contributed by atoms with Crippen LogP contribution in [0.25, 0.3) is 6.08 Å². The van der Waals surface area contributed by atoms with E-state index >= 15 is 0 Å². The highest BCUT2D eigenvalue weighted by Crippen LogP contribution is 2.26. The Morgan fingerprint density at radius 2 is 2.11 bits per heavy atom. The Balaban J connectivity index is 1.32. The summed E-state index contributed by atoms with van der Waals surface area (Å²) < 4.78 is 11.7. The van der Waals surface area contributed by atoms with Crippen molar-refractivity contribution in [3.63, 3.8) is 0 Å². The van der Waals surface area contributed by atoms with Crippen LogP contribution in [0.5, 0.6) is 5.75 Å². The van der Waals surface area contributed by atoms with Crippen LogP contribution in [0, 0.1) is 0 Å². The molecule has 0 spiro atoms. The van der Waals surface area contributed by atoms with Gasteiger partial charge in [0, 0.05) is 19.3 Å². The summed E-state index contributed by atoms with van der Waals surface area (Å²) in [7, 11) is 0. The molecule has 2 aromatic rings. The molecule has 144 valence electrons. The zero-order chi connectivity index (χ0) is 19.3. The number of ether oxygens (including phenoxy) is 2. The second-order valence-corrected chi connectivity index (χ2v) is 7.37. The number of anilines is 1. The van der Waals surface area contributed by atoms with Gasteiger partial charge in [-0.25, -0.2) is 4.98 Å². The van der Waals surface area contributed by atoms with E-state index in [1.165, 1.54) is 0 Å². The van der Waals surface area contributed by atoms with Gasteiger partial charge < -0.3 is 14.4 Å². The standard InChI is InChI=1S/C20H19N3O4S/c24-19-17(28-20(25)22-19)11-14-4-6-15(7-5-14)27-13-16-12-23(9-10-26-16)18-3-1-2-8-21-18/h1-8,11,16H,9-10,12-13H2,(H,22,24,25)/t16-/m0/s1. The predicted octanol–water partition coefficient (Wildman–Crippen LogP) is 2.69. The number of carbonyl (C=O) groups is 2. The van der Waals surface area contributed by atoms with Crippen molar-refractivity contribution in [2.75, 3.05) is 31.2 Å². The lowest BCUT2D eigenvalue weighted by atomic mass is 10.2. The van der Waals surface area contributed by atoms with Crippen LogP contribution in [0.1, 0.15) is 5.56 Å². The minimum Gasteiger partial charge on any atom is -0.491 e. The lowest BCUT2D eigenvalue weighted by Crippen LogP contribution is -2.45. The van der Waals surface area contributed by atoms with Gasteiger partial charge in [0.1, 0.15) is 24.3 Å². The first-order valence-corrected chi connectivity index (χ1v) is 9.74. The number of benzene rings is 1. The maximum Gasteiger partial charge on any atom is 0.290 e. The maximum absolute atomic E-state index is 11.6. The monoisotopic (exact) mass is 397 g/mol. The minimum absolute atomic E-state index is 0.0397. The molecule has 8 heteroatoms. The molecule has 2 aliphatic rings. The Morgan fingerprint density at radius 1 is 1.25 bits per heavy atom. The molecule has 1 atom stereocenters. The van der Waals surface area contributed by atoms with Gasteiger partial charge >= 0.3 is 0 Å². The molecule has 2 aliphatic heterocycles. The SMILES string of the molecule is O=C1NC(=O)C(=Cc2ccc(OC[C@@H]3CN(c4ccccn4)CCO3)cc2)S1. The molecule has 2 saturated heterocycles. The third-order valence-corrected chi connectivity index (χ3v) is 5.18. The van der Waals surface area contributed by atoms with Crippen LogP contribution >= 0.6 is 11.8 Å². The Morgan fingerprint density at radius 3 is 2.82 bits per heavy atom. The first-order valence-electron chi connectivity index (χ1n) is 8.93. The van der Waals surface area contributed by atoms with E-state index in [0.717, 1.165) is 42.0 Å². The van der Waals surface area contributed by atoms with Gasteiger partial charge in [0.2, 0.25) is 0 Å². The summed E-state index contributed by atoms with van der Waals surface area (Å²) in [5.41, 5.74) is 0.829. The highest BCUT2D eigenvalue weighted by molar-refractivity contribution is 8.18. The number of amides is 2. The van der Waals surface area contributed by atoms with Crippen LogP contribution in [0.3, 0.4) is 0 Å². The smallest absolute Gasteiger partial charge is 0.290 e. The van der Waals surface area contributed by atoms with Gasteiger partial charge in [-0.05, 0) is 47.7 Å². The van der Waals surface area contributed by atoms with E-state index < -0.39 is 0 Å². The Kier molecular flexibility index (Phi) is 5.59. The zero-order valence-electron chi connectivity index (χ0n) is 15.0. The number of nitrogens with zero attached hydrogens (tertiary/aromatic N) is 2. The molecule has 2 amide bonds. The first kappa shape index (κ1) is 18.5. The fourth-order valence-electron chi connectivity index (χ4n) is 2.99. The lowest BCUT2D eigenvalue weighted by molar-refractivity contribution is -0.115. The number of morpholine rings is 1. The van der Waals surface area contributed by atoms with E-state index in [1.807, 2.05) is 42.5 Å². The zero-order valence-corrected chi connectivity index (χ0v) is 15.9. The molecule has 2 fully saturated rings. The molecular weight excluding hydrogens is 378 g/mol. The van der Waals surface area contributed by atoms with Gasteiger partial charge in [0.25, 0.3) is 11.1 Å². The highest BCUT2D eigenvalue weighted by atomic mass is 32.2. The van der Waals surface area contributed by atoms with Crippen molar-refractivity contribution >= 4 is 34.8 Å². The minimum atomic E-state index is -0.359. The maximum atomic E-state index is 11.6. The van der Waals surface area contributed by atoms with Crippen LogP contribution in [0.2, 0.25) is 0 Å². The summed E-state index contributed by atoms with van der Waals surface area (Å²) in [5.74, 6) is 1.31. The van der Waals surface area contributed by atoms with E-state index in [-0.39, 0.29) is 17.3 Å². The number of rotatable bonds is 5. The van der Waals surface area contributed by atoms with Crippen LogP contribution in [-0.4, -0.2) is 48.5 Å². The number of nitrogens with one attached hydrogen (secondary N) is 1. The van der Waals surface area contributed by atoms with Crippen molar-refractivity contribution in [1.29, 1.82) is 0 Å². The van der Waals surface area contributed by atoms with Crippen molar-refractivity contribution in [3.8, 4) is 5.75 Å². The molecular formula is C20H19N3O4S. The van der Waals surface area contributed by atoms with E-state index in [4.69, 9.17) is 9.47 Å². The van der Waals surface area contributed by atoms with Crippen LogP contribution < -0.4 is 15.0 Å². The Labute approximate surface area is 166 Å². The van der Waals surface area contributed by atoms with Crippen LogP contribution in [0.4, 0.5) is 10.6 Å². The summed E-state index contributed by atoms with van der Waals surface area (Å²) in [6.45, 7) is 2.61. The predicted molar refractivity (Wildman–Crippen MR) is 107 cm³/mol. The third-order valence-electron chi connectivity index (χ3n) is 4.37. The fourth-order valence-corrected chi connectivity index (χ4v) is 3.67. The molecule has 0 aliphatic carbocycles. The number of aromatic nitrogens is 1. The van der Waals surface area contributed by atoms with Crippen molar-refractivity contribution in [2.45, 2.75) is 6.10 Å². The Hall–Kier alpha value is -2.84. The molecule has 3 heterocycles. The number of hydrogen-bond acceptors (Lipinski definition) is 7. The number of carbonyl (C=O) groups excluding carboxylic acids is 2. The van der Waals surface area contributed by atoms with Gasteiger partial charge in [-0.2, -0.15) is 0 Å². The fraction of sp³-hybridized carbons (Fsp3) is 0.250. The summed E-state index contributed by atoms with van der Waals surface area (Å²) in [5, 5.41) is 1.90. The average Bonchev–Trinajstić information content (AvgIpc) is 3.05. The van der Waals surface area contributed by atoms with Gasteiger partial charge in [0.15, 0.2) is 0 Å². The van der Waals surface area contributed by atoms with Crippen molar-refractivity contribution in [2.24, 2.45) is 0 Å². The summed E-state index contributed by atoms with van der Waals surface area (Å²) in [6, 6.07) is 13.2. The number of pyridine rings is 1. The molecule has 7 nitrogen and oxygen atoms in total. The van der Waals surface area contributed by atoms with Crippen molar-refractivity contribution < 1.29 is 19.1 Å². The molecule has 1 N–H and O–H groups in total. The quantitative estimate of drug-likeness (QED) is 0.777. The summed E-state index contributed by atoms with van der Waals surface area (Å²) in [4.78, 5) is 29.8. The van der Waals surface area contributed by atoms with Gasteiger partial charge in [-0.15, -0.1) is 0 Å². The van der Waals surface area contributed by atoms with E-state index in [9.17, 15) is 9.59 Å². The molecule has 1 aromatic carbocycles. The van der Waals surface area contributed by atoms with Crippen molar-refractivity contribution in [3.05, 3.63) is 59.1 Å². The topological polar surface area (TPSA) is 80.8 Å².